The summed E-state index contributed by atoms with van der Waals surface area (Å²) in [5.74, 6) is 0.715. The highest BCUT2D eigenvalue weighted by atomic mass is 16.6. The Morgan fingerprint density at radius 2 is 1.73 bits per heavy atom. The summed E-state index contributed by atoms with van der Waals surface area (Å²) in [4.78, 5) is 20.4. The van der Waals surface area contributed by atoms with Crippen LogP contribution in [0.5, 0.6) is 5.75 Å². The van der Waals surface area contributed by atoms with E-state index in [2.05, 4.69) is 34.7 Å². The number of β-lactam (4-membered cyclic amide) rings is 1. The third kappa shape index (κ3) is 6.27. The number of benzene rings is 3. The van der Waals surface area contributed by atoms with Crippen molar-refractivity contribution in [2.45, 2.75) is 45.9 Å². The van der Waals surface area contributed by atoms with Gasteiger partial charge in [0.15, 0.2) is 6.23 Å². The van der Waals surface area contributed by atoms with Crippen LogP contribution in [0.2, 0.25) is 0 Å². The molecule has 1 aliphatic heterocycles. The van der Waals surface area contributed by atoms with Gasteiger partial charge in [0.1, 0.15) is 5.75 Å². The Morgan fingerprint density at radius 3 is 2.24 bits per heavy atom. The van der Waals surface area contributed by atoms with Crippen LogP contribution in [0.25, 0.3) is 0 Å². The Labute approximate surface area is 219 Å². The van der Waals surface area contributed by atoms with Gasteiger partial charge in [0.25, 0.3) is 5.91 Å². The van der Waals surface area contributed by atoms with Crippen LogP contribution in [0.3, 0.4) is 0 Å². The highest BCUT2D eigenvalue weighted by molar-refractivity contribution is 6.18. The van der Waals surface area contributed by atoms with E-state index in [1.165, 1.54) is 17.5 Å². The maximum absolute atomic E-state index is 13.1. The fourth-order valence-electron chi connectivity index (χ4n) is 4.40. The predicted molar refractivity (Wildman–Crippen MR) is 149 cm³/mol. The van der Waals surface area contributed by atoms with Crippen LogP contribution < -0.4 is 15.0 Å². The number of oxime groups is 1. The summed E-state index contributed by atoms with van der Waals surface area (Å²) < 4.78 is 5.24. The number of nitrogens with one attached hydrogen (secondary N) is 1. The molecule has 6 heteroatoms. The first-order valence-electron chi connectivity index (χ1n) is 12.8. The minimum atomic E-state index is -0.173. The summed E-state index contributed by atoms with van der Waals surface area (Å²) in [5, 5.41) is 7.42. The smallest absolute Gasteiger partial charge is 0.257 e. The Bertz CT molecular complexity index is 1230. The summed E-state index contributed by atoms with van der Waals surface area (Å²) >= 11 is 0. The van der Waals surface area contributed by atoms with Gasteiger partial charge >= 0.3 is 0 Å². The van der Waals surface area contributed by atoms with Crippen molar-refractivity contribution in [1.29, 1.82) is 0 Å². The SMILES string of the molecule is CCNC(CC)ON=C(C)C=C1C(=O)N(c2ccc(OC)cc2)C1c1ccccc1.c1cc2cc(c1)C2. The predicted octanol–water partition coefficient (Wildman–Crippen LogP) is 6.04. The minimum absolute atomic E-state index is 0.0395. The quantitative estimate of drug-likeness (QED) is 0.101. The number of amides is 1. The molecule has 2 aliphatic carbocycles. The van der Waals surface area contributed by atoms with Crippen LogP contribution in [0.15, 0.2) is 95.7 Å². The van der Waals surface area contributed by atoms with Gasteiger partial charge < -0.3 is 9.57 Å². The molecule has 1 fully saturated rings. The van der Waals surface area contributed by atoms with Gasteiger partial charge in [0, 0.05) is 11.3 Å². The maximum Gasteiger partial charge on any atom is 0.257 e. The second-order valence-electron chi connectivity index (χ2n) is 9.08. The van der Waals surface area contributed by atoms with E-state index in [-0.39, 0.29) is 18.2 Å². The van der Waals surface area contributed by atoms with Crippen molar-refractivity contribution in [3.8, 4) is 5.75 Å². The van der Waals surface area contributed by atoms with Crippen LogP contribution in [-0.4, -0.2) is 31.5 Å². The number of anilines is 1. The second kappa shape index (κ2) is 12.4. The molecule has 6 nitrogen and oxygen atoms in total. The molecule has 192 valence electrons. The topological polar surface area (TPSA) is 63.2 Å². The summed E-state index contributed by atoms with van der Waals surface area (Å²) in [6.45, 7) is 6.71. The van der Waals surface area contributed by atoms with E-state index in [1.54, 1.807) is 12.0 Å². The third-order valence-electron chi connectivity index (χ3n) is 6.37. The first-order valence-corrected chi connectivity index (χ1v) is 12.8. The summed E-state index contributed by atoms with van der Waals surface area (Å²) in [6.07, 6.45) is 3.70. The molecular formula is C31H35N3O3. The summed E-state index contributed by atoms with van der Waals surface area (Å²) in [5.41, 5.74) is 6.20. The van der Waals surface area contributed by atoms with E-state index in [0.29, 0.717) is 11.3 Å². The molecule has 1 amide bonds. The first kappa shape index (κ1) is 26.2. The molecule has 2 atom stereocenters. The van der Waals surface area contributed by atoms with Crippen molar-refractivity contribution >= 4 is 17.3 Å². The molecule has 0 radical (unpaired) electrons. The van der Waals surface area contributed by atoms with E-state index in [9.17, 15) is 4.79 Å². The second-order valence-corrected chi connectivity index (χ2v) is 9.08. The van der Waals surface area contributed by atoms with Crippen molar-refractivity contribution in [1.82, 2.24) is 5.32 Å². The number of rotatable bonds is 9. The van der Waals surface area contributed by atoms with E-state index in [0.717, 1.165) is 30.0 Å². The largest absolute Gasteiger partial charge is 0.497 e. The monoisotopic (exact) mass is 497 g/mol. The van der Waals surface area contributed by atoms with Crippen LogP contribution in [0.1, 0.15) is 49.9 Å². The molecule has 37 heavy (non-hydrogen) atoms. The highest BCUT2D eigenvalue weighted by Crippen LogP contribution is 2.43. The van der Waals surface area contributed by atoms with Gasteiger partial charge in [-0.25, -0.2) is 0 Å². The van der Waals surface area contributed by atoms with Gasteiger partial charge in [-0.05, 0) is 73.3 Å². The Balaban J connectivity index is 0.000000387. The molecule has 1 N–H and O–H groups in total. The number of carbonyl (C=O) groups is 1. The minimum Gasteiger partial charge on any atom is -0.497 e. The number of hydrogen-bond donors (Lipinski definition) is 1. The Hall–Kier alpha value is -3.90. The number of hydrogen-bond acceptors (Lipinski definition) is 5. The van der Waals surface area contributed by atoms with Crippen molar-refractivity contribution in [2.24, 2.45) is 5.16 Å². The molecule has 0 saturated carbocycles. The first-order chi connectivity index (χ1) is 18.0. The lowest BCUT2D eigenvalue weighted by molar-refractivity contribution is -0.119. The molecular weight excluding hydrogens is 462 g/mol. The fourth-order valence-corrected chi connectivity index (χ4v) is 4.40. The molecule has 3 aliphatic rings. The zero-order chi connectivity index (χ0) is 26.2. The number of ether oxygens (including phenoxy) is 1. The summed E-state index contributed by atoms with van der Waals surface area (Å²) in [7, 11) is 1.63. The number of carbonyl (C=O) groups excluding carboxylic acids is 1. The van der Waals surface area contributed by atoms with Crippen molar-refractivity contribution < 1.29 is 14.4 Å². The van der Waals surface area contributed by atoms with Gasteiger partial charge in [0.05, 0.1) is 18.9 Å². The Kier molecular flexibility index (Phi) is 8.75. The van der Waals surface area contributed by atoms with E-state index >= 15 is 0 Å². The number of methoxy groups -OCH3 is 1. The van der Waals surface area contributed by atoms with Gasteiger partial charge in [-0.2, -0.15) is 0 Å². The van der Waals surface area contributed by atoms with Crippen LogP contribution in [-0.2, 0) is 16.1 Å². The average Bonchev–Trinajstić information content (AvgIpc) is 2.93. The molecule has 3 aromatic carbocycles. The maximum atomic E-state index is 13.1. The van der Waals surface area contributed by atoms with Crippen LogP contribution in [0.4, 0.5) is 5.69 Å². The number of nitrogens with zero attached hydrogens (tertiary/aromatic N) is 2. The van der Waals surface area contributed by atoms with E-state index in [1.807, 2.05) is 81.4 Å². The van der Waals surface area contributed by atoms with Gasteiger partial charge in [0.2, 0.25) is 0 Å². The number of allylic oxidation sites excluding steroid dienone is 1. The normalized spacial score (nSPS) is 17.8. The van der Waals surface area contributed by atoms with Crippen molar-refractivity contribution in [2.75, 3.05) is 18.6 Å². The zero-order valence-corrected chi connectivity index (χ0v) is 22.0. The van der Waals surface area contributed by atoms with Crippen LogP contribution in [0, 0.1) is 0 Å². The molecule has 1 saturated heterocycles. The lowest BCUT2D eigenvalue weighted by Gasteiger charge is -2.43. The number of fused-ring (bicyclic) bond motifs is 2. The third-order valence-corrected chi connectivity index (χ3v) is 6.37. The van der Waals surface area contributed by atoms with E-state index < -0.39 is 0 Å². The molecule has 0 spiro atoms. The summed E-state index contributed by atoms with van der Waals surface area (Å²) in [6, 6.07) is 26.0. The lowest BCUT2D eigenvalue weighted by atomic mass is 9.86. The molecule has 1 heterocycles. The van der Waals surface area contributed by atoms with Crippen molar-refractivity contribution in [3.05, 3.63) is 107 Å². The molecule has 2 unspecified atom stereocenters. The Morgan fingerprint density at radius 1 is 1.05 bits per heavy atom. The van der Waals surface area contributed by atoms with Crippen molar-refractivity contribution in [3.63, 3.8) is 0 Å². The zero-order valence-electron chi connectivity index (χ0n) is 22.0. The molecule has 6 rings (SSSR count). The van der Waals surface area contributed by atoms with Crippen LogP contribution >= 0.6 is 0 Å². The highest BCUT2D eigenvalue weighted by Gasteiger charge is 2.43. The molecule has 0 aromatic heterocycles. The van der Waals surface area contributed by atoms with Gasteiger partial charge in [-0.1, -0.05) is 73.6 Å². The van der Waals surface area contributed by atoms with E-state index in [4.69, 9.17) is 9.57 Å². The molecule has 2 bridgehead atoms. The standard InChI is InChI=1S/C24H29N3O3.C7H6/c1-5-22(25-6-2)30-26-17(3)16-21-23(18-10-8-7-9-11-18)27(24(21)28)19-12-14-20(29-4)15-13-19;1-2-6-4-7(3-1)5-6/h7-16,22-23,25H,5-6H2,1-4H3;1-4H,5H2. The van der Waals surface area contributed by atoms with Gasteiger partial charge in [-0.3, -0.25) is 15.0 Å². The average molecular weight is 498 g/mol. The van der Waals surface area contributed by atoms with Gasteiger partial charge in [-0.15, -0.1) is 0 Å². The lowest BCUT2D eigenvalue weighted by Crippen LogP contribution is -2.49. The fraction of sp³-hybridized carbons (Fsp3) is 0.290. The molecule has 3 aromatic rings.